The minimum atomic E-state index is -2.81. The van der Waals surface area contributed by atoms with Gasteiger partial charge in [0.2, 0.25) is 0 Å². The first-order valence-corrected chi connectivity index (χ1v) is 45.0. The summed E-state index contributed by atoms with van der Waals surface area (Å²) >= 11 is 0. The Labute approximate surface area is 812 Å². The van der Waals surface area contributed by atoms with Gasteiger partial charge >= 0.3 is 65.7 Å². The molecule has 0 bridgehead atoms. The number of aliphatic carboxylic acids is 7. The van der Waals surface area contributed by atoms with Gasteiger partial charge < -0.3 is 226 Å². The largest absolute Gasteiger partial charge is 0.477 e. The number of carboxylic acids is 7. The van der Waals surface area contributed by atoms with Gasteiger partial charge in [0.15, 0.2) is 24.1 Å². The topological polar surface area (TPSA) is 994 Å². The Morgan fingerprint density at radius 3 is 0.768 bits per heavy atom. The lowest BCUT2D eigenvalue weighted by Gasteiger charge is -2.45. The maximum absolute atomic E-state index is 11.7. The number of Topliss-reactive ketones (excluding diaryl/α,β-unsaturated/α-hetero) is 1. The summed E-state index contributed by atoms with van der Waals surface area (Å²) in [7, 11) is 0. The molecule has 42 unspecified atom stereocenters. The molecule has 7 aliphatic rings. The van der Waals surface area contributed by atoms with Crippen molar-refractivity contribution in [2.75, 3.05) is 33.0 Å². The fourth-order valence-corrected chi connectivity index (χ4v) is 16.1. The molecule has 0 aromatic rings. The Kier molecular flexibility index (Phi) is 53.3. The molecule has 7 aliphatic heterocycles. The van der Waals surface area contributed by atoms with Gasteiger partial charge in [0, 0.05) is 109 Å². The zero-order chi connectivity index (χ0) is 111. The van der Waals surface area contributed by atoms with E-state index in [1.165, 1.54) is 20.8 Å². The Morgan fingerprint density at radius 2 is 0.514 bits per heavy atom. The van der Waals surface area contributed by atoms with Gasteiger partial charge in [-0.1, -0.05) is 76.2 Å². The van der Waals surface area contributed by atoms with E-state index in [4.69, 9.17) is 108 Å². The number of carbonyl (C=O) groups excluding carboxylic acids is 5. The highest BCUT2D eigenvalue weighted by atomic mass is 16.7. The molecule has 0 aromatic carbocycles. The van der Waals surface area contributed by atoms with Gasteiger partial charge in [-0.05, 0) is 42.9 Å². The number of ketones is 1. The first kappa shape index (κ1) is 132. The summed E-state index contributed by atoms with van der Waals surface area (Å²) in [6, 6.07) is 0. The summed E-state index contributed by atoms with van der Waals surface area (Å²) in [6.07, 6.45) is -37.0. The van der Waals surface area contributed by atoms with Gasteiger partial charge in [-0.3, -0.25) is 24.0 Å². The minimum absolute atomic E-state index is 0.0328. The average molecular weight is 2080 g/mol. The van der Waals surface area contributed by atoms with Crippen molar-refractivity contribution < 1.29 is 283 Å². The van der Waals surface area contributed by atoms with E-state index in [9.17, 15) is 175 Å². The van der Waals surface area contributed by atoms with Crippen LogP contribution in [0.1, 0.15) is 174 Å². The lowest BCUT2D eigenvalue weighted by molar-refractivity contribution is -0.305. The van der Waals surface area contributed by atoms with Crippen molar-refractivity contribution in [1.82, 2.24) is 0 Å². The van der Waals surface area contributed by atoms with Gasteiger partial charge in [-0.25, -0.2) is 33.6 Å². The van der Waals surface area contributed by atoms with Crippen LogP contribution in [0.4, 0.5) is 0 Å². The van der Waals surface area contributed by atoms with E-state index in [2.05, 4.69) is 0 Å². The zero-order valence-electron chi connectivity index (χ0n) is 80.6. The Bertz CT molecular complexity index is 3760. The van der Waals surface area contributed by atoms with Crippen LogP contribution >= 0.6 is 0 Å². The van der Waals surface area contributed by atoms with Gasteiger partial charge in [-0.2, -0.15) is 0 Å². The molecule has 0 aliphatic carbocycles. The molecule has 0 aromatic heterocycles. The highest BCUT2D eigenvalue weighted by Crippen LogP contribution is 2.44. The predicted octanol–water partition coefficient (Wildman–Crippen LogP) is -11.2. The van der Waals surface area contributed by atoms with Crippen LogP contribution in [0.15, 0.2) is 0 Å². The van der Waals surface area contributed by atoms with Crippen LogP contribution in [-0.2, 0) is 110 Å². The Morgan fingerprint density at radius 1 is 0.282 bits per heavy atom. The summed E-state index contributed by atoms with van der Waals surface area (Å²) < 4.78 is 55.2. The second-order valence-corrected chi connectivity index (χ2v) is 36.3. The number of aliphatic hydroxyl groups excluding tert-OH is 20. The average Bonchev–Trinajstić information content (AvgIpc) is 0.759. The van der Waals surface area contributed by atoms with Crippen LogP contribution in [-0.4, -0.2) is 477 Å². The molecule has 828 valence electrons. The lowest BCUT2D eigenvalue weighted by Crippen LogP contribution is -2.61. The van der Waals surface area contributed by atoms with Crippen LogP contribution < -0.4 is 0 Å². The van der Waals surface area contributed by atoms with Gasteiger partial charge in [0.1, 0.15) is 73.8 Å². The van der Waals surface area contributed by atoms with Crippen molar-refractivity contribution >= 4 is 71.4 Å². The second-order valence-electron chi connectivity index (χ2n) is 36.3. The monoisotopic (exact) mass is 2080 g/mol. The van der Waals surface area contributed by atoms with E-state index >= 15 is 0 Å². The van der Waals surface area contributed by atoms with Crippen LogP contribution in [0.3, 0.4) is 0 Å². The summed E-state index contributed by atoms with van der Waals surface area (Å²) in [5.74, 6) is -37.9. The molecule has 142 heavy (non-hydrogen) atoms. The van der Waals surface area contributed by atoms with Crippen molar-refractivity contribution in [3.05, 3.63) is 0 Å². The molecule has 0 amide bonds. The molecule has 0 radical (unpaired) electrons. The van der Waals surface area contributed by atoms with Crippen molar-refractivity contribution in [3.8, 4) is 0 Å². The van der Waals surface area contributed by atoms with E-state index in [1.807, 2.05) is 6.92 Å². The highest BCUT2D eigenvalue weighted by Gasteiger charge is 2.61. The molecule has 42 atom stereocenters. The normalized spacial score (nSPS) is 36.8. The van der Waals surface area contributed by atoms with Gasteiger partial charge in [-0.15, -0.1) is 0 Å². The third-order valence-corrected chi connectivity index (χ3v) is 25.4. The molecular formula is C85H146O57. The fraction of sp³-hybridized carbons (Fsp3) is 0.859. The summed E-state index contributed by atoms with van der Waals surface area (Å²) in [6.45, 7) is 18.5. The molecule has 57 heteroatoms. The molecule has 7 saturated heterocycles. The van der Waals surface area contributed by atoms with Crippen molar-refractivity contribution in [1.29, 1.82) is 0 Å². The van der Waals surface area contributed by atoms with Crippen molar-refractivity contribution in [3.63, 3.8) is 0 Å². The van der Waals surface area contributed by atoms with E-state index in [1.54, 1.807) is 48.5 Å². The summed E-state index contributed by atoms with van der Waals surface area (Å²) in [4.78, 5) is 134. The van der Waals surface area contributed by atoms with E-state index in [0.717, 1.165) is 27.7 Å². The number of carboxylic acid groups (broad SMARTS) is 7. The van der Waals surface area contributed by atoms with Gasteiger partial charge in [0.25, 0.3) is 40.5 Å². The SMILES string of the molecule is CC(=O)OC(C(O)CO)C1OC(O)(C(=O)O)CC(O)C1C.CC(=O)OC(CO)C(O)C1OC(O)(C(=O)O)CC(O)C1C.CC1C(O)CC(O)(C(=O)O)OC1C(O)C(O)CO.CC1CC(O)(C(=O)O)OC(C(O)C(O)CO)C1C.CCC(O)C(O)C1OC(O)(C(=O)O)CC(C)C1C.CCC(O)C(O)C1OC(O)(C(=O)O)CC(O)C1C.CCC(OC(C)=O)C(OC(C)=O)C1OC(O)(C(=O)O)CC(O)C1CC(=O)CO. The number of ether oxygens (including phenoxy) is 11. The van der Waals surface area contributed by atoms with Crippen LogP contribution in [0.25, 0.3) is 0 Å². The van der Waals surface area contributed by atoms with Crippen LogP contribution in [0, 0.1) is 53.3 Å². The first-order chi connectivity index (χ1) is 65.1. The number of hydrogen-bond acceptors (Lipinski definition) is 50. The molecule has 34 N–H and O–H groups in total. The first-order valence-electron chi connectivity index (χ1n) is 45.0. The Hall–Kier alpha value is -7.52. The predicted molar refractivity (Wildman–Crippen MR) is 460 cm³/mol. The van der Waals surface area contributed by atoms with Crippen LogP contribution in [0.2, 0.25) is 0 Å². The third kappa shape index (κ3) is 35.9. The third-order valence-electron chi connectivity index (χ3n) is 25.4. The number of esters is 4. The number of hydrogen-bond donors (Lipinski definition) is 34. The quantitative estimate of drug-likeness (QED) is 0.0207. The van der Waals surface area contributed by atoms with Crippen molar-refractivity contribution in [2.45, 2.75) is 374 Å². The Balaban J connectivity index is 0.000000833. The zero-order valence-corrected chi connectivity index (χ0v) is 80.6. The van der Waals surface area contributed by atoms with E-state index in [-0.39, 0.29) is 49.4 Å². The molecule has 0 spiro atoms. The number of aliphatic hydroxyl groups is 27. The number of rotatable bonds is 35. The van der Waals surface area contributed by atoms with Crippen molar-refractivity contribution in [2.24, 2.45) is 53.3 Å². The molecule has 7 rings (SSSR count). The summed E-state index contributed by atoms with van der Waals surface area (Å²) in [5.41, 5.74) is 0. The molecule has 7 fully saturated rings. The van der Waals surface area contributed by atoms with E-state index in [0.29, 0.717) is 6.42 Å². The molecule has 7 heterocycles. The molecule has 0 saturated carbocycles. The standard InChI is InChI=1S/C17H26O11.2C12H20O9.C12H22O6.2C11H20O7.C10H18O8/c1-4-13(26-8(2)19)15(27-9(3)20)14-11(5-10(21)7-18)12(22)6-17(25,28-14)16(23)24;1-5-7(15)3-12(19,11(17)18)21-10(5)9(16)8(4-13)20-6(2)14;1-5-7(15)3-12(19,11(17)18)21-9(5)10(8(16)4-13)20-6(2)14;1-4-8(13)9(14)10-7(3)6(2)5-12(17,18-10)11(15)16;1-5-3-11(17,10(15)16)18-9(6(5)2)8(14)7(13)4-12;1-3-6(12)8(14)9-5(2)7(13)4-11(17,18-9)10(15)16;1-4-5(12)2-10(17,9(15)16)18-8(4)7(14)6(13)3-11/h11-15,18,22,25H,4-7H2,1-3H3,(H,23,24);2*5,7-10,13,15-16,19H,3-4H2,1-2H3,(H,17,18);6-10,13-14,17H,4-5H2,1-3H3,(H,15,16);2*5-9,12-14,17H,3-4H2,1-2H3,(H,15,16);4-8,11-14,17H,2-3H2,1H3,(H,15,16). The van der Waals surface area contributed by atoms with E-state index < -0.39 is 372 Å². The second kappa shape index (κ2) is 57.1. The maximum Gasteiger partial charge on any atom is 0.364 e. The van der Waals surface area contributed by atoms with Crippen LogP contribution in [0.5, 0.6) is 0 Å². The van der Waals surface area contributed by atoms with Gasteiger partial charge in [0.05, 0.1) is 99.7 Å². The molecule has 57 nitrogen and oxygen atoms in total. The summed E-state index contributed by atoms with van der Waals surface area (Å²) in [5, 5.41) is 323. The minimum Gasteiger partial charge on any atom is -0.477 e. The lowest BCUT2D eigenvalue weighted by atomic mass is 9.79. The molecular weight excluding hydrogens is 1930 g/mol. The number of carbonyl (C=O) groups is 12. The fourth-order valence-electron chi connectivity index (χ4n) is 16.1. The highest BCUT2D eigenvalue weighted by molar-refractivity contribution is 5.81. The maximum atomic E-state index is 11.7. The smallest absolute Gasteiger partial charge is 0.364 e.